The molecule has 1 aromatic heterocycles. The molecule has 3 aromatic carbocycles. The minimum Gasteiger partial charge on any atom is -0.457 e. The van der Waals surface area contributed by atoms with Gasteiger partial charge in [-0.1, -0.05) is 24.3 Å². The standard InChI is InChI=1S/C22H14F2N2O2S/c23-18-10-9-14(12-19(18)24)20-13-29-22(25-20)26-21(27)15-5-4-8-17(11-15)28-16-6-2-1-3-7-16/h1-13H,(H,25,26,27). The maximum Gasteiger partial charge on any atom is 0.257 e. The van der Waals surface area contributed by atoms with E-state index in [1.165, 1.54) is 17.4 Å². The van der Waals surface area contributed by atoms with Gasteiger partial charge in [0.2, 0.25) is 0 Å². The zero-order valence-electron chi connectivity index (χ0n) is 14.9. The van der Waals surface area contributed by atoms with E-state index in [9.17, 15) is 13.6 Å². The molecule has 0 fully saturated rings. The summed E-state index contributed by atoms with van der Waals surface area (Å²) in [5, 5.41) is 4.73. The first kappa shape index (κ1) is 18.8. The summed E-state index contributed by atoms with van der Waals surface area (Å²) in [7, 11) is 0. The number of para-hydroxylation sites is 1. The number of aromatic nitrogens is 1. The second-order valence-electron chi connectivity index (χ2n) is 6.06. The van der Waals surface area contributed by atoms with Crippen LogP contribution in [0.2, 0.25) is 0 Å². The normalized spacial score (nSPS) is 10.6. The van der Waals surface area contributed by atoms with Crippen molar-refractivity contribution < 1.29 is 18.3 Å². The molecule has 144 valence electrons. The molecular weight excluding hydrogens is 394 g/mol. The van der Waals surface area contributed by atoms with Crippen LogP contribution in [0.4, 0.5) is 13.9 Å². The van der Waals surface area contributed by atoms with Gasteiger partial charge in [-0.3, -0.25) is 10.1 Å². The molecule has 1 heterocycles. The number of benzene rings is 3. The lowest BCUT2D eigenvalue weighted by Gasteiger charge is -2.07. The quantitative estimate of drug-likeness (QED) is 0.432. The molecule has 0 radical (unpaired) electrons. The highest BCUT2D eigenvalue weighted by Crippen LogP contribution is 2.27. The molecule has 0 spiro atoms. The van der Waals surface area contributed by atoms with E-state index in [0.29, 0.717) is 33.5 Å². The van der Waals surface area contributed by atoms with Gasteiger partial charge in [-0.25, -0.2) is 13.8 Å². The van der Waals surface area contributed by atoms with Gasteiger partial charge < -0.3 is 4.74 Å². The smallest absolute Gasteiger partial charge is 0.257 e. The largest absolute Gasteiger partial charge is 0.457 e. The highest BCUT2D eigenvalue weighted by molar-refractivity contribution is 7.14. The Hall–Kier alpha value is -3.58. The molecule has 0 aliphatic carbocycles. The number of anilines is 1. The van der Waals surface area contributed by atoms with Crippen LogP contribution < -0.4 is 10.1 Å². The number of nitrogens with one attached hydrogen (secondary N) is 1. The van der Waals surface area contributed by atoms with E-state index in [0.717, 1.165) is 12.1 Å². The van der Waals surface area contributed by atoms with Gasteiger partial charge in [0.05, 0.1) is 5.69 Å². The van der Waals surface area contributed by atoms with Crippen molar-refractivity contribution in [3.63, 3.8) is 0 Å². The van der Waals surface area contributed by atoms with Crippen molar-refractivity contribution in [1.82, 2.24) is 4.98 Å². The van der Waals surface area contributed by atoms with Crippen LogP contribution in [-0.4, -0.2) is 10.9 Å². The minimum absolute atomic E-state index is 0.351. The Bertz CT molecular complexity index is 1160. The van der Waals surface area contributed by atoms with Gasteiger partial charge in [0, 0.05) is 16.5 Å². The van der Waals surface area contributed by atoms with Crippen molar-refractivity contribution in [3.05, 3.63) is 95.4 Å². The van der Waals surface area contributed by atoms with E-state index in [1.54, 1.807) is 29.6 Å². The SMILES string of the molecule is O=C(Nc1nc(-c2ccc(F)c(F)c2)cs1)c1cccc(Oc2ccccc2)c1. The fourth-order valence-corrected chi connectivity index (χ4v) is 3.33. The Morgan fingerprint density at radius 2 is 1.69 bits per heavy atom. The van der Waals surface area contributed by atoms with Crippen LogP contribution in [0, 0.1) is 11.6 Å². The van der Waals surface area contributed by atoms with Crippen LogP contribution in [0.5, 0.6) is 11.5 Å². The summed E-state index contributed by atoms with van der Waals surface area (Å²) in [6.45, 7) is 0. The Kier molecular flexibility index (Phi) is 5.31. The van der Waals surface area contributed by atoms with Gasteiger partial charge in [-0.05, 0) is 48.5 Å². The van der Waals surface area contributed by atoms with Crippen molar-refractivity contribution in [2.45, 2.75) is 0 Å². The number of rotatable bonds is 5. The average Bonchev–Trinajstić information content (AvgIpc) is 3.19. The second-order valence-corrected chi connectivity index (χ2v) is 6.92. The molecule has 0 aliphatic heterocycles. The van der Waals surface area contributed by atoms with E-state index >= 15 is 0 Å². The molecule has 0 bridgehead atoms. The molecule has 29 heavy (non-hydrogen) atoms. The Labute approximate surface area is 169 Å². The predicted molar refractivity (Wildman–Crippen MR) is 108 cm³/mol. The third-order valence-electron chi connectivity index (χ3n) is 4.02. The number of amides is 1. The molecule has 4 rings (SSSR count). The lowest BCUT2D eigenvalue weighted by atomic mass is 10.2. The highest BCUT2D eigenvalue weighted by atomic mass is 32.1. The summed E-state index contributed by atoms with van der Waals surface area (Å²) in [5.41, 5.74) is 1.28. The topological polar surface area (TPSA) is 51.2 Å². The van der Waals surface area contributed by atoms with Gasteiger partial charge in [0.25, 0.3) is 5.91 Å². The van der Waals surface area contributed by atoms with E-state index < -0.39 is 11.6 Å². The first-order valence-electron chi connectivity index (χ1n) is 8.64. The van der Waals surface area contributed by atoms with Gasteiger partial charge in [0.15, 0.2) is 16.8 Å². The number of hydrogen-bond acceptors (Lipinski definition) is 4. The summed E-state index contributed by atoms with van der Waals surface area (Å²) in [5.74, 6) is -1.02. The van der Waals surface area contributed by atoms with E-state index in [2.05, 4.69) is 10.3 Å². The van der Waals surface area contributed by atoms with Gasteiger partial charge >= 0.3 is 0 Å². The Morgan fingerprint density at radius 1 is 0.897 bits per heavy atom. The van der Waals surface area contributed by atoms with Crippen molar-refractivity contribution in [1.29, 1.82) is 0 Å². The van der Waals surface area contributed by atoms with Crippen LogP contribution in [0.1, 0.15) is 10.4 Å². The predicted octanol–water partition coefficient (Wildman–Crippen LogP) is 6.13. The van der Waals surface area contributed by atoms with Gasteiger partial charge in [-0.2, -0.15) is 0 Å². The molecule has 0 aliphatic rings. The number of halogens is 2. The first-order valence-corrected chi connectivity index (χ1v) is 9.52. The monoisotopic (exact) mass is 408 g/mol. The minimum atomic E-state index is -0.948. The van der Waals surface area contributed by atoms with Crippen molar-refractivity contribution >= 4 is 22.4 Å². The maximum absolute atomic E-state index is 13.4. The van der Waals surface area contributed by atoms with Crippen molar-refractivity contribution in [3.8, 4) is 22.8 Å². The number of ether oxygens (including phenoxy) is 1. The molecule has 1 amide bonds. The fourth-order valence-electron chi connectivity index (χ4n) is 2.61. The lowest BCUT2D eigenvalue weighted by Crippen LogP contribution is -2.11. The Morgan fingerprint density at radius 3 is 2.48 bits per heavy atom. The molecular formula is C22H14F2N2O2S. The van der Waals surface area contributed by atoms with E-state index in [-0.39, 0.29) is 5.91 Å². The summed E-state index contributed by atoms with van der Waals surface area (Å²) < 4.78 is 32.2. The summed E-state index contributed by atoms with van der Waals surface area (Å²) >= 11 is 1.19. The van der Waals surface area contributed by atoms with Crippen LogP contribution in [-0.2, 0) is 0 Å². The third-order valence-corrected chi connectivity index (χ3v) is 4.77. The van der Waals surface area contributed by atoms with Crippen LogP contribution in [0.25, 0.3) is 11.3 Å². The number of nitrogens with zero attached hydrogens (tertiary/aromatic N) is 1. The average molecular weight is 408 g/mol. The third kappa shape index (κ3) is 4.47. The molecule has 7 heteroatoms. The van der Waals surface area contributed by atoms with Crippen LogP contribution >= 0.6 is 11.3 Å². The number of thiazole rings is 1. The summed E-state index contributed by atoms with van der Waals surface area (Å²) in [6.07, 6.45) is 0. The first-order chi connectivity index (χ1) is 14.1. The molecule has 0 atom stereocenters. The molecule has 0 saturated heterocycles. The lowest BCUT2D eigenvalue weighted by molar-refractivity contribution is 0.102. The second kappa shape index (κ2) is 8.20. The highest BCUT2D eigenvalue weighted by Gasteiger charge is 2.12. The number of carbonyl (C=O) groups is 1. The molecule has 4 nitrogen and oxygen atoms in total. The number of hydrogen-bond donors (Lipinski definition) is 1. The fraction of sp³-hybridized carbons (Fsp3) is 0. The van der Waals surface area contributed by atoms with Gasteiger partial charge in [0.1, 0.15) is 11.5 Å². The maximum atomic E-state index is 13.4. The molecule has 1 N–H and O–H groups in total. The Balaban J connectivity index is 1.48. The van der Waals surface area contributed by atoms with Crippen molar-refractivity contribution in [2.24, 2.45) is 0 Å². The molecule has 4 aromatic rings. The summed E-state index contributed by atoms with van der Waals surface area (Å²) in [6, 6.07) is 19.6. The summed E-state index contributed by atoms with van der Waals surface area (Å²) in [4.78, 5) is 16.8. The van der Waals surface area contributed by atoms with Crippen LogP contribution in [0.3, 0.4) is 0 Å². The van der Waals surface area contributed by atoms with E-state index in [4.69, 9.17) is 4.74 Å². The number of carbonyl (C=O) groups excluding carboxylic acids is 1. The van der Waals surface area contributed by atoms with Gasteiger partial charge in [-0.15, -0.1) is 11.3 Å². The zero-order chi connectivity index (χ0) is 20.2. The van der Waals surface area contributed by atoms with Crippen molar-refractivity contribution in [2.75, 3.05) is 5.32 Å². The van der Waals surface area contributed by atoms with E-state index in [1.807, 2.05) is 30.3 Å². The molecule has 0 saturated carbocycles. The molecule has 0 unspecified atom stereocenters. The zero-order valence-corrected chi connectivity index (χ0v) is 15.7. The van der Waals surface area contributed by atoms with Crippen LogP contribution in [0.15, 0.2) is 78.2 Å².